The van der Waals surface area contributed by atoms with E-state index in [4.69, 9.17) is 18.9 Å². The minimum absolute atomic E-state index is 0.00932. The van der Waals surface area contributed by atoms with Gasteiger partial charge < -0.3 is 34.9 Å². The number of para-hydroxylation sites is 1. The molecule has 3 amide bonds. The van der Waals surface area contributed by atoms with Crippen LogP contribution in [0.5, 0.6) is 23.0 Å². The van der Waals surface area contributed by atoms with Crippen molar-refractivity contribution in [3.8, 4) is 23.0 Å². The molecule has 0 bridgehead atoms. The molecule has 0 saturated carbocycles. The van der Waals surface area contributed by atoms with Crippen molar-refractivity contribution in [2.75, 3.05) is 31.6 Å². The monoisotopic (exact) mass is 625 g/mol. The molecule has 5 rings (SSSR count). The molecular formula is C34H31N3O7S. The van der Waals surface area contributed by atoms with Crippen molar-refractivity contribution in [2.45, 2.75) is 17.1 Å². The maximum atomic E-state index is 13.6. The van der Waals surface area contributed by atoms with Crippen molar-refractivity contribution in [1.29, 1.82) is 0 Å². The second kappa shape index (κ2) is 14.4. The Morgan fingerprint density at radius 1 is 0.822 bits per heavy atom. The number of carbonyl (C=O) groups excluding carboxylic acids is 3. The molecule has 1 aliphatic heterocycles. The third-order valence-electron chi connectivity index (χ3n) is 6.68. The summed E-state index contributed by atoms with van der Waals surface area (Å²) >= 11 is 1.33. The van der Waals surface area contributed by atoms with Gasteiger partial charge in [-0.2, -0.15) is 0 Å². The molecule has 4 aromatic rings. The first-order valence-electron chi connectivity index (χ1n) is 13.9. The summed E-state index contributed by atoms with van der Waals surface area (Å²) in [7, 11) is 3.01. The number of nitrogens with one attached hydrogen (secondary N) is 3. The van der Waals surface area contributed by atoms with Gasteiger partial charge in [0, 0.05) is 33.5 Å². The zero-order valence-electron chi connectivity index (χ0n) is 24.8. The van der Waals surface area contributed by atoms with E-state index in [0.717, 1.165) is 4.90 Å². The number of hydrogen-bond acceptors (Lipinski definition) is 8. The van der Waals surface area contributed by atoms with E-state index in [9.17, 15) is 14.4 Å². The van der Waals surface area contributed by atoms with Gasteiger partial charge in [-0.25, -0.2) is 0 Å². The van der Waals surface area contributed by atoms with Gasteiger partial charge in [0.2, 0.25) is 12.7 Å². The molecule has 10 nitrogen and oxygen atoms in total. The van der Waals surface area contributed by atoms with Gasteiger partial charge in [-0.1, -0.05) is 36.4 Å². The number of hydrogen-bond donors (Lipinski definition) is 3. The van der Waals surface area contributed by atoms with Crippen molar-refractivity contribution in [3.63, 3.8) is 0 Å². The predicted molar refractivity (Wildman–Crippen MR) is 173 cm³/mol. The van der Waals surface area contributed by atoms with Crippen LogP contribution in [-0.2, 0) is 9.59 Å². The summed E-state index contributed by atoms with van der Waals surface area (Å²) in [6, 6.07) is 26.1. The molecule has 3 N–H and O–H groups in total. The van der Waals surface area contributed by atoms with Gasteiger partial charge in [-0.3, -0.25) is 14.4 Å². The Kier molecular flexibility index (Phi) is 9.90. The molecule has 0 aromatic heterocycles. The summed E-state index contributed by atoms with van der Waals surface area (Å²) in [5.41, 5.74) is 1.99. The van der Waals surface area contributed by atoms with Crippen LogP contribution < -0.4 is 34.9 Å². The summed E-state index contributed by atoms with van der Waals surface area (Å²) in [5.74, 6) is 0.886. The van der Waals surface area contributed by atoms with E-state index in [1.165, 1.54) is 32.1 Å². The predicted octanol–water partition coefficient (Wildman–Crippen LogP) is 5.96. The lowest BCUT2D eigenvalue weighted by atomic mass is 10.1. The highest BCUT2D eigenvalue weighted by Crippen LogP contribution is 2.35. The molecule has 230 valence electrons. The summed E-state index contributed by atoms with van der Waals surface area (Å²) in [6.07, 6.45) is 1.53. The second-order valence-corrected chi connectivity index (χ2v) is 11.2. The van der Waals surface area contributed by atoms with Gasteiger partial charge in [0.25, 0.3) is 11.8 Å². The maximum absolute atomic E-state index is 13.6. The Hall–Kier alpha value is -5.42. The molecule has 11 heteroatoms. The van der Waals surface area contributed by atoms with Gasteiger partial charge in [0.15, 0.2) is 23.0 Å². The standard InChI is InChI=1S/C34H31N3O7S/c1-21(32(38)35-25-15-16-28-30(19-25)44-20-43-28)45-26-13-8-12-24(18-26)36-34(40)27(37-33(39)22-9-5-4-6-10-22)17-23-11-7-14-29(41-2)31(23)42-3/h4-19,21H,20H2,1-3H3,(H,35,38)(H,36,40)(H,37,39)/b27-17+. The van der Waals surface area contributed by atoms with Crippen molar-refractivity contribution >= 4 is 46.9 Å². The van der Waals surface area contributed by atoms with Crippen molar-refractivity contribution in [1.82, 2.24) is 5.32 Å². The summed E-state index contributed by atoms with van der Waals surface area (Å²) in [4.78, 5) is 40.3. The second-order valence-electron chi connectivity index (χ2n) is 9.76. The number of fused-ring (bicyclic) bond motifs is 1. The van der Waals surface area contributed by atoms with E-state index in [0.29, 0.717) is 45.5 Å². The van der Waals surface area contributed by atoms with Gasteiger partial charge in [0.1, 0.15) is 5.70 Å². The molecular weight excluding hydrogens is 594 g/mol. The molecule has 1 unspecified atom stereocenters. The van der Waals surface area contributed by atoms with Crippen LogP contribution in [-0.4, -0.2) is 44.0 Å². The van der Waals surface area contributed by atoms with Crippen molar-refractivity contribution < 1.29 is 33.3 Å². The number of ether oxygens (including phenoxy) is 4. The molecule has 0 radical (unpaired) electrons. The van der Waals surface area contributed by atoms with Crippen LogP contribution in [0.4, 0.5) is 11.4 Å². The fourth-order valence-corrected chi connectivity index (χ4v) is 5.37. The van der Waals surface area contributed by atoms with E-state index in [1.807, 2.05) is 6.07 Å². The Morgan fingerprint density at radius 2 is 1.58 bits per heavy atom. The maximum Gasteiger partial charge on any atom is 0.272 e. The zero-order chi connectivity index (χ0) is 31.8. The van der Waals surface area contributed by atoms with Crippen molar-refractivity contribution in [2.24, 2.45) is 0 Å². The van der Waals surface area contributed by atoms with Crippen LogP contribution in [0.3, 0.4) is 0 Å². The van der Waals surface area contributed by atoms with Crippen LogP contribution in [0.2, 0.25) is 0 Å². The Balaban J connectivity index is 1.32. The quantitative estimate of drug-likeness (QED) is 0.138. The van der Waals surface area contributed by atoms with Crippen molar-refractivity contribution in [3.05, 3.63) is 108 Å². The SMILES string of the molecule is COc1cccc(/C=C(/NC(=O)c2ccccc2)C(=O)Nc2cccc(SC(C)C(=O)Nc3ccc4c(c3)OCO4)c2)c1OC. The molecule has 1 aliphatic rings. The first-order valence-corrected chi connectivity index (χ1v) is 14.8. The summed E-state index contributed by atoms with van der Waals surface area (Å²) in [6.45, 7) is 1.94. The lowest BCUT2D eigenvalue weighted by Crippen LogP contribution is -2.30. The van der Waals surface area contributed by atoms with E-state index in [-0.39, 0.29) is 18.4 Å². The fraction of sp³-hybridized carbons (Fsp3) is 0.147. The summed E-state index contributed by atoms with van der Waals surface area (Å²) < 4.78 is 21.6. The van der Waals surface area contributed by atoms with Crippen LogP contribution in [0.1, 0.15) is 22.8 Å². The minimum Gasteiger partial charge on any atom is -0.493 e. The van der Waals surface area contributed by atoms with Crippen LogP contribution >= 0.6 is 11.8 Å². The Labute approximate surface area is 264 Å². The number of methoxy groups -OCH3 is 2. The Morgan fingerprint density at radius 3 is 2.36 bits per heavy atom. The van der Waals surface area contributed by atoms with E-state index >= 15 is 0 Å². The van der Waals surface area contributed by atoms with E-state index in [2.05, 4.69) is 16.0 Å². The molecule has 0 fully saturated rings. The van der Waals surface area contributed by atoms with Gasteiger partial charge in [-0.05, 0) is 61.5 Å². The van der Waals surface area contributed by atoms with Gasteiger partial charge >= 0.3 is 0 Å². The minimum atomic E-state index is -0.556. The van der Waals surface area contributed by atoms with Crippen LogP contribution in [0.25, 0.3) is 6.08 Å². The van der Waals surface area contributed by atoms with Gasteiger partial charge in [-0.15, -0.1) is 11.8 Å². The normalized spacial score (nSPS) is 12.6. The highest BCUT2D eigenvalue weighted by molar-refractivity contribution is 8.00. The number of carbonyl (C=O) groups is 3. The molecule has 0 spiro atoms. The molecule has 1 atom stereocenters. The number of thioether (sulfide) groups is 1. The Bertz CT molecular complexity index is 1740. The molecule has 4 aromatic carbocycles. The first-order chi connectivity index (χ1) is 21.8. The number of benzene rings is 4. The number of anilines is 2. The topological polar surface area (TPSA) is 124 Å². The van der Waals surface area contributed by atoms with Crippen LogP contribution in [0, 0.1) is 0 Å². The van der Waals surface area contributed by atoms with E-state index < -0.39 is 17.1 Å². The lowest BCUT2D eigenvalue weighted by Gasteiger charge is -2.15. The lowest BCUT2D eigenvalue weighted by molar-refractivity contribution is -0.115. The smallest absolute Gasteiger partial charge is 0.272 e. The van der Waals surface area contributed by atoms with E-state index in [1.54, 1.807) is 91.9 Å². The zero-order valence-corrected chi connectivity index (χ0v) is 25.6. The molecule has 1 heterocycles. The third-order valence-corrected chi connectivity index (χ3v) is 7.77. The average molecular weight is 626 g/mol. The van der Waals surface area contributed by atoms with Crippen LogP contribution in [0.15, 0.2) is 102 Å². The number of amides is 3. The number of rotatable bonds is 11. The molecule has 0 saturated heterocycles. The molecule has 45 heavy (non-hydrogen) atoms. The van der Waals surface area contributed by atoms with Gasteiger partial charge in [0.05, 0.1) is 19.5 Å². The summed E-state index contributed by atoms with van der Waals surface area (Å²) in [5, 5.41) is 8.03. The highest BCUT2D eigenvalue weighted by Gasteiger charge is 2.20. The highest BCUT2D eigenvalue weighted by atomic mass is 32.2. The first kappa shape index (κ1) is 31.0. The largest absolute Gasteiger partial charge is 0.493 e. The third kappa shape index (κ3) is 7.76. The fourth-order valence-electron chi connectivity index (χ4n) is 4.44. The molecule has 0 aliphatic carbocycles. The average Bonchev–Trinajstić information content (AvgIpc) is 3.53.